The van der Waals surface area contributed by atoms with E-state index in [1.165, 1.54) is 6.26 Å². The maximum Gasteiger partial charge on any atom is 0.175 e. The molecule has 0 aliphatic heterocycles. The van der Waals surface area contributed by atoms with Gasteiger partial charge in [0, 0.05) is 11.9 Å². The highest BCUT2D eigenvalue weighted by atomic mass is 32.2. The van der Waals surface area contributed by atoms with Gasteiger partial charge >= 0.3 is 0 Å². The highest BCUT2D eigenvalue weighted by Gasteiger charge is 2.09. The monoisotopic (exact) mass is 279 g/mol. The summed E-state index contributed by atoms with van der Waals surface area (Å²) in [6.07, 6.45) is 2.97. The zero-order valence-corrected chi connectivity index (χ0v) is 12.0. The van der Waals surface area contributed by atoms with Crippen molar-refractivity contribution in [2.45, 2.75) is 25.3 Å². The zero-order chi connectivity index (χ0) is 14.0. The Hall–Kier alpha value is -1.82. The predicted octanol–water partition coefficient (Wildman–Crippen LogP) is 2.04. The largest absolute Gasteiger partial charge is 0.379 e. The first kappa shape index (κ1) is 13.6. The maximum absolute atomic E-state index is 11.5. The van der Waals surface area contributed by atoms with Crippen molar-refractivity contribution in [2.24, 2.45) is 0 Å². The van der Waals surface area contributed by atoms with Gasteiger partial charge in [0.2, 0.25) is 0 Å². The van der Waals surface area contributed by atoms with Gasteiger partial charge in [0.15, 0.2) is 9.84 Å². The maximum atomic E-state index is 11.5. The van der Waals surface area contributed by atoms with Crippen LogP contribution in [0.15, 0.2) is 29.3 Å². The third-order valence-corrected chi connectivity index (χ3v) is 3.97. The SMILES string of the molecule is Cc1ncc(CNc2cc(S(C)(=O)=O)ccc2C)[nH]1. The van der Waals surface area contributed by atoms with Crippen LogP contribution < -0.4 is 5.32 Å². The van der Waals surface area contributed by atoms with Crippen LogP contribution in [0.3, 0.4) is 0 Å². The van der Waals surface area contributed by atoms with E-state index in [1.807, 2.05) is 13.8 Å². The summed E-state index contributed by atoms with van der Waals surface area (Å²) in [5, 5.41) is 3.22. The molecule has 0 saturated carbocycles. The van der Waals surface area contributed by atoms with Crippen LogP contribution in [0.5, 0.6) is 0 Å². The van der Waals surface area contributed by atoms with Gasteiger partial charge in [-0.25, -0.2) is 13.4 Å². The van der Waals surface area contributed by atoms with Crippen molar-refractivity contribution in [1.82, 2.24) is 9.97 Å². The first-order chi connectivity index (χ1) is 8.86. The summed E-state index contributed by atoms with van der Waals surface area (Å²) in [6, 6.07) is 5.08. The fourth-order valence-electron chi connectivity index (χ4n) is 1.77. The average Bonchev–Trinajstić information content (AvgIpc) is 2.72. The fourth-order valence-corrected chi connectivity index (χ4v) is 2.42. The summed E-state index contributed by atoms with van der Waals surface area (Å²) in [5.74, 6) is 0.860. The third kappa shape index (κ3) is 3.35. The van der Waals surface area contributed by atoms with E-state index in [0.717, 1.165) is 22.8 Å². The summed E-state index contributed by atoms with van der Waals surface area (Å²) in [7, 11) is -3.18. The zero-order valence-electron chi connectivity index (χ0n) is 11.2. The van der Waals surface area contributed by atoms with Gasteiger partial charge in [0.1, 0.15) is 5.82 Å². The van der Waals surface area contributed by atoms with E-state index >= 15 is 0 Å². The molecule has 2 aromatic rings. The van der Waals surface area contributed by atoms with Crippen LogP contribution >= 0.6 is 0 Å². The van der Waals surface area contributed by atoms with Gasteiger partial charge in [0.25, 0.3) is 0 Å². The first-order valence-corrected chi connectivity index (χ1v) is 7.80. The van der Waals surface area contributed by atoms with Gasteiger partial charge < -0.3 is 10.3 Å². The lowest BCUT2D eigenvalue weighted by Crippen LogP contribution is -2.04. The van der Waals surface area contributed by atoms with Crippen LogP contribution in [-0.2, 0) is 16.4 Å². The van der Waals surface area contributed by atoms with Gasteiger partial charge in [-0.3, -0.25) is 0 Å². The number of rotatable bonds is 4. The van der Waals surface area contributed by atoms with Crippen LogP contribution in [0.2, 0.25) is 0 Å². The summed E-state index contributed by atoms with van der Waals surface area (Å²) >= 11 is 0. The number of aryl methyl sites for hydroxylation is 2. The van der Waals surface area contributed by atoms with E-state index in [2.05, 4.69) is 15.3 Å². The van der Waals surface area contributed by atoms with Gasteiger partial charge in [-0.05, 0) is 31.5 Å². The molecule has 0 unspecified atom stereocenters. The number of H-pyrrole nitrogens is 1. The van der Waals surface area contributed by atoms with Gasteiger partial charge in [-0.15, -0.1) is 0 Å². The van der Waals surface area contributed by atoms with Crippen molar-refractivity contribution in [3.05, 3.63) is 41.5 Å². The molecule has 6 heteroatoms. The van der Waals surface area contributed by atoms with Crippen molar-refractivity contribution in [1.29, 1.82) is 0 Å². The van der Waals surface area contributed by atoms with Crippen molar-refractivity contribution < 1.29 is 8.42 Å². The van der Waals surface area contributed by atoms with Gasteiger partial charge in [0.05, 0.1) is 23.3 Å². The highest BCUT2D eigenvalue weighted by Crippen LogP contribution is 2.20. The smallest absolute Gasteiger partial charge is 0.175 e. The number of hydrogen-bond donors (Lipinski definition) is 2. The van der Waals surface area contributed by atoms with Crippen LogP contribution in [-0.4, -0.2) is 24.6 Å². The van der Waals surface area contributed by atoms with E-state index in [0.29, 0.717) is 11.4 Å². The minimum Gasteiger partial charge on any atom is -0.379 e. The molecular formula is C13H17N3O2S. The minimum absolute atomic E-state index is 0.321. The molecule has 1 aromatic heterocycles. The Morgan fingerprint density at radius 2 is 2.05 bits per heavy atom. The van der Waals surface area contributed by atoms with E-state index in [4.69, 9.17) is 0 Å². The van der Waals surface area contributed by atoms with E-state index in [-0.39, 0.29) is 0 Å². The number of imidazole rings is 1. The lowest BCUT2D eigenvalue weighted by molar-refractivity contribution is 0.602. The number of benzene rings is 1. The molecule has 0 bridgehead atoms. The number of anilines is 1. The number of nitrogens with one attached hydrogen (secondary N) is 2. The molecule has 0 spiro atoms. The van der Waals surface area contributed by atoms with Crippen molar-refractivity contribution >= 4 is 15.5 Å². The molecule has 0 fully saturated rings. The van der Waals surface area contributed by atoms with E-state index < -0.39 is 9.84 Å². The quantitative estimate of drug-likeness (QED) is 0.898. The molecule has 1 heterocycles. The third-order valence-electron chi connectivity index (χ3n) is 2.86. The predicted molar refractivity (Wildman–Crippen MR) is 74.9 cm³/mol. The van der Waals surface area contributed by atoms with Crippen molar-refractivity contribution in [2.75, 3.05) is 11.6 Å². The first-order valence-electron chi connectivity index (χ1n) is 5.91. The molecule has 2 rings (SSSR count). The summed E-state index contributed by atoms with van der Waals surface area (Å²) in [5.41, 5.74) is 2.78. The van der Waals surface area contributed by atoms with Crippen LogP contribution in [0.1, 0.15) is 17.1 Å². The van der Waals surface area contributed by atoms with Crippen molar-refractivity contribution in [3.8, 4) is 0 Å². The molecule has 19 heavy (non-hydrogen) atoms. The molecular weight excluding hydrogens is 262 g/mol. The summed E-state index contributed by atoms with van der Waals surface area (Å²) < 4.78 is 23.1. The molecule has 0 saturated heterocycles. The van der Waals surface area contributed by atoms with Gasteiger partial charge in [-0.1, -0.05) is 6.07 Å². The number of hydrogen-bond acceptors (Lipinski definition) is 4. The Morgan fingerprint density at radius 3 is 2.63 bits per heavy atom. The van der Waals surface area contributed by atoms with E-state index in [1.54, 1.807) is 24.4 Å². The standard InChI is InChI=1S/C13H17N3O2S/c1-9-4-5-12(19(3,17)18)6-13(9)15-8-11-7-14-10(2)16-11/h4-7,15H,8H2,1-3H3,(H,14,16). The van der Waals surface area contributed by atoms with Crippen LogP contribution in [0.4, 0.5) is 5.69 Å². The van der Waals surface area contributed by atoms with Crippen LogP contribution in [0, 0.1) is 13.8 Å². The molecule has 1 aromatic carbocycles. The van der Waals surface area contributed by atoms with E-state index in [9.17, 15) is 8.42 Å². The normalized spacial score (nSPS) is 11.5. The van der Waals surface area contributed by atoms with Crippen molar-refractivity contribution in [3.63, 3.8) is 0 Å². The molecule has 0 aliphatic carbocycles. The Bertz CT molecular complexity index is 690. The van der Waals surface area contributed by atoms with Crippen LogP contribution in [0.25, 0.3) is 0 Å². The number of sulfone groups is 1. The minimum atomic E-state index is -3.18. The second-order valence-corrected chi connectivity index (χ2v) is 6.61. The topological polar surface area (TPSA) is 74.8 Å². The molecule has 0 atom stereocenters. The second-order valence-electron chi connectivity index (χ2n) is 4.60. The molecule has 0 radical (unpaired) electrons. The lowest BCUT2D eigenvalue weighted by atomic mass is 10.2. The Balaban J connectivity index is 2.20. The molecule has 0 amide bonds. The van der Waals surface area contributed by atoms with Gasteiger partial charge in [-0.2, -0.15) is 0 Å². The number of aromatic nitrogens is 2. The lowest BCUT2D eigenvalue weighted by Gasteiger charge is -2.10. The molecule has 102 valence electrons. The Morgan fingerprint density at radius 1 is 1.32 bits per heavy atom. The Kier molecular flexibility index (Phi) is 3.61. The highest BCUT2D eigenvalue weighted by molar-refractivity contribution is 7.90. The summed E-state index contributed by atoms with van der Waals surface area (Å²) in [4.78, 5) is 7.56. The Labute approximate surface area is 113 Å². The second kappa shape index (κ2) is 5.05. The average molecular weight is 279 g/mol. The number of nitrogens with zero attached hydrogens (tertiary/aromatic N) is 1. The molecule has 0 aliphatic rings. The molecule has 2 N–H and O–H groups in total. The fraction of sp³-hybridized carbons (Fsp3) is 0.308. The summed E-state index contributed by atoms with van der Waals surface area (Å²) in [6.45, 7) is 4.40. The number of aromatic amines is 1. The molecule has 5 nitrogen and oxygen atoms in total.